The van der Waals surface area contributed by atoms with E-state index in [1.807, 2.05) is 35.2 Å². The van der Waals surface area contributed by atoms with E-state index in [9.17, 15) is 13.2 Å². The lowest BCUT2D eigenvalue weighted by molar-refractivity contribution is -0.128. The van der Waals surface area contributed by atoms with Crippen molar-refractivity contribution in [1.29, 1.82) is 0 Å². The molecule has 1 aliphatic heterocycles. The summed E-state index contributed by atoms with van der Waals surface area (Å²) in [6.07, 6.45) is 2.89. The minimum absolute atomic E-state index is 0.0606. The van der Waals surface area contributed by atoms with Gasteiger partial charge in [0.1, 0.15) is 0 Å². The van der Waals surface area contributed by atoms with Gasteiger partial charge in [0.2, 0.25) is 15.9 Å². The second-order valence-corrected chi connectivity index (χ2v) is 7.72. The summed E-state index contributed by atoms with van der Waals surface area (Å²) >= 11 is 0. The molecule has 2 fully saturated rings. The van der Waals surface area contributed by atoms with Crippen LogP contribution in [0.15, 0.2) is 30.3 Å². The fourth-order valence-corrected chi connectivity index (χ4v) is 4.05. The number of sulfonamides is 1. The number of aryl methyl sites for hydroxylation is 1. The third-order valence-electron chi connectivity index (χ3n) is 3.99. The molecule has 1 aromatic rings. The summed E-state index contributed by atoms with van der Waals surface area (Å²) in [5, 5.41) is 0. The number of nitrogens with zero attached hydrogens (tertiary/aromatic N) is 1. The largest absolute Gasteiger partial charge is 0.338 e. The minimum atomic E-state index is -3.34. The molecule has 0 aromatic heterocycles. The van der Waals surface area contributed by atoms with Gasteiger partial charge < -0.3 is 4.90 Å². The van der Waals surface area contributed by atoms with Gasteiger partial charge in [-0.25, -0.2) is 13.1 Å². The minimum Gasteiger partial charge on any atom is -0.338 e. The Hall–Kier alpha value is -1.40. The van der Waals surface area contributed by atoms with Crippen LogP contribution in [0.2, 0.25) is 0 Å². The van der Waals surface area contributed by atoms with Gasteiger partial charge in [0.05, 0.1) is 5.75 Å². The monoisotopic (exact) mass is 308 g/mol. The van der Waals surface area contributed by atoms with Gasteiger partial charge in [-0.3, -0.25) is 4.79 Å². The molecule has 0 bridgehead atoms. The van der Waals surface area contributed by atoms with E-state index in [0.29, 0.717) is 25.4 Å². The Balaban J connectivity index is 1.53. The smallest absolute Gasteiger partial charge is 0.224 e. The van der Waals surface area contributed by atoms with Crippen LogP contribution in [0.5, 0.6) is 0 Å². The molecular formula is C15H20N2O3S. The van der Waals surface area contributed by atoms with Crippen LogP contribution >= 0.6 is 0 Å². The van der Waals surface area contributed by atoms with Gasteiger partial charge in [-0.2, -0.15) is 0 Å². The lowest BCUT2D eigenvalue weighted by Gasteiger charge is -2.16. The van der Waals surface area contributed by atoms with Crippen LogP contribution in [-0.4, -0.2) is 43.6 Å². The Labute approximate surface area is 125 Å². The van der Waals surface area contributed by atoms with Gasteiger partial charge in [0.25, 0.3) is 0 Å². The zero-order valence-corrected chi connectivity index (χ0v) is 12.7. The first kappa shape index (κ1) is 14.5. The maximum absolute atomic E-state index is 12.1. The van der Waals surface area contributed by atoms with Crippen LogP contribution in [-0.2, 0) is 21.2 Å². The number of carbonyl (C=O) groups is 1. The highest BCUT2D eigenvalue weighted by molar-refractivity contribution is 7.89. The Kier molecular flexibility index (Phi) is 3.99. The Morgan fingerprint density at radius 2 is 1.90 bits per heavy atom. The van der Waals surface area contributed by atoms with Crippen molar-refractivity contribution >= 4 is 15.9 Å². The highest BCUT2D eigenvalue weighted by Gasteiger charge is 2.40. The molecule has 6 heteroatoms. The summed E-state index contributed by atoms with van der Waals surface area (Å²) < 4.78 is 26.9. The first-order valence-electron chi connectivity index (χ1n) is 7.37. The van der Waals surface area contributed by atoms with Gasteiger partial charge in [-0.15, -0.1) is 0 Å². The normalized spacial score (nSPS) is 22.8. The van der Waals surface area contributed by atoms with E-state index in [0.717, 1.165) is 18.4 Å². The van der Waals surface area contributed by atoms with Gasteiger partial charge >= 0.3 is 0 Å². The second kappa shape index (κ2) is 5.77. The number of carbonyl (C=O) groups excluding carboxylic acids is 1. The van der Waals surface area contributed by atoms with Crippen molar-refractivity contribution < 1.29 is 13.2 Å². The Morgan fingerprint density at radius 1 is 1.19 bits per heavy atom. The molecular weight excluding hydrogens is 288 g/mol. The molecule has 114 valence electrons. The molecule has 3 rings (SSSR count). The van der Waals surface area contributed by atoms with E-state index < -0.39 is 10.0 Å². The summed E-state index contributed by atoms with van der Waals surface area (Å²) in [6.45, 7) is 0.522. The zero-order chi connectivity index (χ0) is 14.9. The topological polar surface area (TPSA) is 66.5 Å². The van der Waals surface area contributed by atoms with Crippen molar-refractivity contribution in [3.8, 4) is 0 Å². The molecule has 21 heavy (non-hydrogen) atoms. The van der Waals surface area contributed by atoms with E-state index in [2.05, 4.69) is 4.72 Å². The zero-order valence-electron chi connectivity index (χ0n) is 11.9. The number of amides is 1. The van der Waals surface area contributed by atoms with Crippen molar-refractivity contribution in [3.63, 3.8) is 0 Å². The SMILES string of the molecule is O=C1CC(NS(=O)(=O)CCc2ccccc2)CN1C1CC1. The van der Waals surface area contributed by atoms with Crippen molar-refractivity contribution in [2.75, 3.05) is 12.3 Å². The molecule has 1 atom stereocenters. The van der Waals surface area contributed by atoms with Gasteiger partial charge in [0, 0.05) is 25.0 Å². The van der Waals surface area contributed by atoms with Gasteiger partial charge in [-0.1, -0.05) is 30.3 Å². The number of hydrogen-bond donors (Lipinski definition) is 1. The van der Waals surface area contributed by atoms with Crippen LogP contribution < -0.4 is 4.72 Å². The van der Waals surface area contributed by atoms with Gasteiger partial charge in [-0.05, 0) is 24.8 Å². The predicted octanol–water partition coefficient (Wildman–Crippen LogP) is 0.912. The van der Waals surface area contributed by atoms with E-state index >= 15 is 0 Å². The highest BCUT2D eigenvalue weighted by atomic mass is 32.2. The molecule has 1 heterocycles. The third-order valence-corrected chi connectivity index (χ3v) is 5.43. The van der Waals surface area contributed by atoms with E-state index in [1.54, 1.807) is 0 Å². The lowest BCUT2D eigenvalue weighted by Crippen LogP contribution is -2.39. The Morgan fingerprint density at radius 3 is 2.57 bits per heavy atom. The molecule has 1 saturated heterocycles. The standard InChI is InChI=1S/C15H20N2O3S/c18-15-10-13(11-17(15)14-6-7-14)16-21(19,20)9-8-12-4-2-1-3-5-12/h1-5,13-14,16H,6-11H2. The summed E-state index contributed by atoms with van der Waals surface area (Å²) in [5.74, 6) is 0.138. The van der Waals surface area contributed by atoms with Crippen LogP contribution in [0.4, 0.5) is 0 Å². The average molecular weight is 308 g/mol. The van der Waals surface area contributed by atoms with Crippen LogP contribution in [0, 0.1) is 0 Å². The number of hydrogen-bond acceptors (Lipinski definition) is 3. The number of benzene rings is 1. The summed E-state index contributed by atoms with van der Waals surface area (Å²) in [7, 11) is -3.34. The van der Waals surface area contributed by atoms with Crippen molar-refractivity contribution in [1.82, 2.24) is 9.62 Å². The molecule has 0 spiro atoms. The number of nitrogens with one attached hydrogen (secondary N) is 1. The number of likely N-dealkylation sites (tertiary alicyclic amines) is 1. The quantitative estimate of drug-likeness (QED) is 0.849. The van der Waals surface area contributed by atoms with Crippen molar-refractivity contribution in [2.24, 2.45) is 0 Å². The third kappa shape index (κ3) is 3.83. The Bertz CT molecular complexity index is 611. The van der Waals surface area contributed by atoms with Crippen molar-refractivity contribution in [2.45, 2.75) is 37.8 Å². The predicted molar refractivity (Wildman–Crippen MR) is 80.2 cm³/mol. The lowest BCUT2D eigenvalue weighted by atomic mass is 10.2. The first-order chi connectivity index (χ1) is 10.0. The van der Waals surface area contributed by atoms with Crippen molar-refractivity contribution in [3.05, 3.63) is 35.9 Å². The van der Waals surface area contributed by atoms with Gasteiger partial charge in [0.15, 0.2) is 0 Å². The molecule has 1 N–H and O–H groups in total. The molecule has 1 amide bonds. The summed E-state index contributed by atoms with van der Waals surface area (Å²) in [5.41, 5.74) is 1.00. The molecule has 2 aliphatic rings. The van der Waals surface area contributed by atoms with E-state index in [4.69, 9.17) is 0 Å². The number of rotatable bonds is 6. The fraction of sp³-hybridized carbons (Fsp3) is 0.533. The van der Waals surface area contributed by atoms with E-state index in [1.165, 1.54) is 0 Å². The summed E-state index contributed by atoms with van der Waals surface area (Å²) in [6, 6.07) is 9.65. The maximum Gasteiger partial charge on any atom is 0.224 e. The summed E-state index contributed by atoms with van der Waals surface area (Å²) in [4.78, 5) is 13.6. The van der Waals surface area contributed by atoms with Crippen LogP contribution in [0.3, 0.4) is 0 Å². The highest BCUT2D eigenvalue weighted by Crippen LogP contribution is 2.30. The van der Waals surface area contributed by atoms with E-state index in [-0.39, 0.29) is 17.7 Å². The fourth-order valence-electron chi connectivity index (χ4n) is 2.76. The van der Waals surface area contributed by atoms with Crippen LogP contribution in [0.1, 0.15) is 24.8 Å². The molecule has 1 aromatic carbocycles. The molecule has 1 saturated carbocycles. The average Bonchev–Trinajstić information content (AvgIpc) is 3.22. The second-order valence-electron chi connectivity index (χ2n) is 5.85. The maximum atomic E-state index is 12.1. The van der Waals surface area contributed by atoms with Crippen LogP contribution in [0.25, 0.3) is 0 Å². The molecule has 1 aliphatic carbocycles. The first-order valence-corrected chi connectivity index (χ1v) is 9.02. The molecule has 1 unspecified atom stereocenters. The molecule has 5 nitrogen and oxygen atoms in total. The molecule has 0 radical (unpaired) electrons.